The van der Waals surface area contributed by atoms with Crippen molar-refractivity contribution in [1.82, 2.24) is 10.2 Å². The van der Waals surface area contributed by atoms with Gasteiger partial charge in [-0.05, 0) is 59.2 Å². The lowest BCUT2D eigenvalue weighted by atomic mass is 9.63. The second kappa shape index (κ2) is 10.7. The van der Waals surface area contributed by atoms with Gasteiger partial charge in [0, 0.05) is 29.4 Å². The molecule has 0 radical (unpaired) electrons. The monoisotopic (exact) mass is 597 g/mol. The lowest BCUT2D eigenvalue weighted by Crippen LogP contribution is -2.47. The summed E-state index contributed by atoms with van der Waals surface area (Å²) in [6.07, 6.45) is 0.571. The van der Waals surface area contributed by atoms with Crippen LogP contribution >= 0.6 is 23.2 Å². The van der Waals surface area contributed by atoms with Crippen molar-refractivity contribution in [1.29, 1.82) is 0 Å². The summed E-state index contributed by atoms with van der Waals surface area (Å²) in [5.41, 5.74) is 0.636. The lowest BCUT2D eigenvalue weighted by Gasteiger charge is -2.38. The highest BCUT2D eigenvalue weighted by Crippen LogP contribution is 2.60. The Morgan fingerprint density at radius 3 is 2.49 bits per heavy atom. The van der Waals surface area contributed by atoms with Crippen molar-refractivity contribution in [2.24, 2.45) is 11.3 Å². The number of hydrogen-bond donors (Lipinski definition) is 3. The molecule has 214 valence electrons. The molecule has 0 saturated carbocycles. The second-order valence-corrected chi connectivity index (χ2v) is 12.7. The van der Waals surface area contributed by atoms with Gasteiger partial charge in [-0.1, -0.05) is 74.3 Å². The Morgan fingerprint density at radius 1 is 1.12 bits per heavy atom. The van der Waals surface area contributed by atoms with Crippen LogP contribution in [-0.2, 0) is 16.8 Å². The van der Waals surface area contributed by atoms with Crippen LogP contribution in [0.3, 0.4) is 0 Å². The van der Waals surface area contributed by atoms with Crippen molar-refractivity contribution in [2.45, 2.75) is 45.2 Å². The van der Waals surface area contributed by atoms with Crippen LogP contribution in [0.25, 0.3) is 0 Å². The molecule has 1 fully saturated rings. The third-order valence-corrected chi connectivity index (χ3v) is 8.42. The minimum atomic E-state index is -1.31. The van der Waals surface area contributed by atoms with Gasteiger partial charge in [0.2, 0.25) is 5.91 Å². The first-order valence-electron chi connectivity index (χ1n) is 13.2. The molecule has 2 aliphatic rings. The number of aromatic carboxylic acids is 1. The highest BCUT2D eigenvalue weighted by Gasteiger charge is 2.65. The van der Waals surface area contributed by atoms with Gasteiger partial charge in [-0.15, -0.1) is 0 Å². The summed E-state index contributed by atoms with van der Waals surface area (Å²) in [6, 6.07) is 14.4. The molecular formula is C31H30Cl2FN3O4. The largest absolute Gasteiger partial charge is 0.478 e. The molecule has 5 rings (SSSR count). The first-order chi connectivity index (χ1) is 19.3. The van der Waals surface area contributed by atoms with Gasteiger partial charge in [0.15, 0.2) is 0 Å². The van der Waals surface area contributed by atoms with Crippen LogP contribution < -0.4 is 10.6 Å². The van der Waals surface area contributed by atoms with Gasteiger partial charge in [0.05, 0.1) is 16.6 Å². The van der Waals surface area contributed by atoms with Crippen molar-refractivity contribution in [2.75, 3.05) is 11.9 Å². The van der Waals surface area contributed by atoms with Crippen LogP contribution in [0.15, 0.2) is 60.7 Å². The Morgan fingerprint density at radius 2 is 1.83 bits per heavy atom. The summed E-state index contributed by atoms with van der Waals surface area (Å²) in [4.78, 5) is 40.8. The number of carboxylic acid groups (broad SMARTS) is 1. The molecule has 1 saturated heterocycles. The quantitative estimate of drug-likeness (QED) is 0.294. The normalized spacial score (nSPS) is 21.6. The van der Waals surface area contributed by atoms with Crippen molar-refractivity contribution in [3.8, 4) is 0 Å². The van der Waals surface area contributed by atoms with Crippen LogP contribution in [0, 0.1) is 17.2 Å². The van der Waals surface area contributed by atoms with Crippen molar-refractivity contribution in [3.63, 3.8) is 0 Å². The molecule has 1 spiro atoms. The molecule has 2 aliphatic heterocycles. The molecule has 7 nitrogen and oxygen atoms in total. The molecule has 2 heterocycles. The minimum absolute atomic E-state index is 0.106. The third kappa shape index (κ3) is 5.15. The first kappa shape index (κ1) is 28.9. The zero-order valence-corrected chi connectivity index (χ0v) is 24.3. The van der Waals surface area contributed by atoms with E-state index in [2.05, 4.69) is 31.4 Å². The van der Waals surface area contributed by atoms with E-state index >= 15 is 4.39 Å². The van der Waals surface area contributed by atoms with Crippen LogP contribution in [0.4, 0.5) is 14.9 Å². The number of nitrogens with zero attached hydrogens (tertiary/aromatic N) is 1. The van der Waals surface area contributed by atoms with Gasteiger partial charge in [-0.2, -0.15) is 0 Å². The van der Waals surface area contributed by atoms with Gasteiger partial charge in [0.1, 0.15) is 11.2 Å². The van der Waals surface area contributed by atoms with Crippen molar-refractivity contribution >= 4 is 46.8 Å². The molecule has 0 aromatic heterocycles. The molecule has 10 heteroatoms. The number of benzene rings is 3. The number of fused-ring (bicyclic) bond motifs is 2. The molecule has 41 heavy (non-hydrogen) atoms. The average Bonchev–Trinajstić information content (AvgIpc) is 3.38. The fourth-order valence-electron chi connectivity index (χ4n) is 6.32. The van der Waals surface area contributed by atoms with E-state index in [0.717, 1.165) is 0 Å². The summed E-state index contributed by atoms with van der Waals surface area (Å²) < 4.78 is 15.8. The fourth-order valence-corrected chi connectivity index (χ4v) is 6.67. The minimum Gasteiger partial charge on any atom is -0.478 e. The van der Waals surface area contributed by atoms with Gasteiger partial charge < -0.3 is 20.6 Å². The summed E-state index contributed by atoms with van der Waals surface area (Å²) in [7, 11) is 0. The Bertz CT molecular complexity index is 1540. The molecule has 3 N–H and O–H groups in total. The predicted octanol–water partition coefficient (Wildman–Crippen LogP) is 7.04. The number of carbonyl (C=O) groups is 3. The number of carbonyl (C=O) groups excluding carboxylic acids is 2. The maximum atomic E-state index is 15.8. The van der Waals surface area contributed by atoms with E-state index in [1.54, 1.807) is 42.5 Å². The molecule has 0 bridgehead atoms. The van der Waals surface area contributed by atoms with Gasteiger partial charge in [0.25, 0.3) is 0 Å². The number of hydrogen-bond acceptors (Lipinski definition) is 3. The zero-order valence-electron chi connectivity index (χ0n) is 22.8. The van der Waals surface area contributed by atoms with E-state index in [1.807, 2.05) is 0 Å². The Kier molecular flexibility index (Phi) is 7.51. The predicted molar refractivity (Wildman–Crippen MR) is 156 cm³/mol. The summed E-state index contributed by atoms with van der Waals surface area (Å²) >= 11 is 12.5. The number of likely N-dealkylation sites (tertiary alicyclic amines) is 1. The van der Waals surface area contributed by atoms with E-state index in [1.165, 1.54) is 23.1 Å². The number of anilines is 1. The molecular weight excluding hydrogens is 568 g/mol. The van der Waals surface area contributed by atoms with Crippen LogP contribution in [-0.4, -0.2) is 34.5 Å². The maximum absolute atomic E-state index is 15.8. The average molecular weight is 599 g/mol. The number of rotatable bonds is 5. The first-order valence-corrected chi connectivity index (χ1v) is 14.0. The second-order valence-electron chi connectivity index (χ2n) is 11.8. The van der Waals surface area contributed by atoms with E-state index in [0.29, 0.717) is 28.3 Å². The van der Waals surface area contributed by atoms with Crippen LogP contribution in [0.5, 0.6) is 0 Å². The molecule has 3 aromatic carbocycles. The number of urea groups is 1. The fraction of sp³-hybridized carbons (Fsp3) is 0.323. The molecule has 3 atom stereocenters. The lowest BCUT2D eigenvalue weighted by molar-refractivity contribution is -0.123. The number of amides is 3. The van der Waals surface area contributed by atoms with E-state index in [-0.39, 0.29) is 46.5 Å². The summed E-state index contributed by atoms with van der Waals surface area (Å²) in [6.45, 7) is 6.49. The zero-order chi connectivity index (χ0) is 29.7. The van der Waals surface area contributed by atoms with Gasteiger partial charge >= 0.3 is 12.0 Å². The third-order valence-electron chi connectivity index (χ3n) is 7.90. The maximum Gasteiger partial charge on any atom is 0.335 e. The SMILES string of the molecule is CC(C)(C)CC1CN(C(=O)NCc2ccc(C(=O)O)cc2)C(c2cccc(Cl)c2F)C12C(=O)Nc1cc(Cl)ccc12. The van der Waals surface area contributed by atoms with E-state index in [9.17, 15) is 19.5 Å². The van der Waals surface area contributed by atoms with Gasteiger partial charge in [-0.25, -0.2) is 14.0 Å². The van der Waals surface area contributed by atoms with Crippen molar-refractivity contribution < 1.29 is 23.9 Å². The Hall–Kier alpha value is -3.62. The van der Waals surface area contributed by atoms with E-state index in [4.69, 9.17) is 23.2 Å². The summed E-state index contributed by atoms with van der Waals surface area (Å²) in [5.74, 6) is -2.43. The Labute approximate surface area is 247 Å². The highest BCUT2D eigenvalue weighted by molar-refractivity contribution is 6.31. The smallest absolute Gasteiger partial charge is 0.335 e. The van der Waals surface area contributed by atoms with Crippen LogP contribution in [0.2, 0.25) is 10.0 Å². The number of nitrogens with one attached hydrogen (secondary N) is 2. The number of halogens is 3. The highest BCUT2D eigenvalue weighted by atomic mass is 35.5. The topological polar surface area (TPSA) is 98.7 Å². The van der Waals surface area contributed by atoms with Crippen molar-refractivity contribution in [3.05, 3.63) is 98.8 Å². The summed E-state index contributed by atoms with van der Waals surface area (Å²) in [5, 5.41) is 15.4. The molecule has 3 amide bonds. The molecule has 3 unspecified atom stereocenters. The Balaban J connectivity index is 1.62. The molecule has 0 aliphatic carbocycles. The van der Waals surface area contributed by atoms with Gasteiger partial charge in [-0.3, -0.25) is 4.79 Å². The van der Waals surface area contributed by atoms with E-state index < -0.39 is 29.3 Å². The number of carboxylic acids is 1. The molecule has 3 aromatic rings. The van der Waals surface area contributed by atoms with Crippen LogP contribution in [0.1, 0.15) is 60.3 Å². The standard InChI is InChI=1S/C31H30Cl2FN3O4/c1-30(2,3)14-19-16-37(29(41)35-15-17-7-9-18(10-8-17)27(38)39)26(21-5-4-6-23(33)25(21)34)31(19)22-12-11-20(32)13-24(22)36-28(31)40/h4-13,19,26H,14-16H2,1-3H3,(H,35,41)(H,36,40)(H,38,39).